The van der Waals surface area contributed by atoms with E-state index in [1.54, 1.807) is 0 Å². The van der Waals surface area contributed by atoms with E-state index < -0.39 is 0 Å². The Morgan fingerprint density at radius 1 is 1.60 bits per heavy atom. The highest BCUT2D eigenvalue weighted by Crippen LogP contribution is 2.15. The second-order valence-corrected chi connectivity index (χ2v) is 3.48. The van der Waals surface area contributed by atoms with Gasteiger partial charge in [-0.05, 0) is 18.9 Å². The van der Waals surface area contributed by atoms with Crippen molar-refractivity contribution < 1.29 is 9.47 Å². The van der Waals surface area contributed by atoms with Gasteiger partial charge in [0.2, 0.25) is 0 Å². The molecule has 0 radical (unpaired) electrons. The lowest BCUT2D eigenvalue weighted by molar-refractivity contribution is -0.0549. The number of ether oxygens (including phenoxy) is 2. The first kappa shape index (κ1) is 8.37. The van der Waals surface area contributed by atoms with E-state index in [0.29, 0.717) is 6.10 Å². The van der Waals surface area contributed by atoms with E-state index in [-0.39, 0.29) is 6.29 Å². The van der Waals surface area contributed by atoms with Crippen molar-refractivity contribution in [3.05, 3.63) is 0 Å². The van der Waals surface area contributed by atoms with Gasteiger partial charge in [0.05, 0.1) is 12.7 Å². The van der Waals surface area contributed by atoms with Gasteiger partial charge in [-0.15, -0.1) is 0 Å². The summed E-state index contributed by atoms with van der Waals surface area (Å²) in [6, 6.07) is 0. The molecule has 0 unspecified atom stereocenters. The van der Waals surface area contributed by atoms with Crippen LogP contribution in [0.2, 0.25) is 0 Å². The summed E-state index contributed by atoms with van der Waals surface area (Å²) in [5.41, 5.74) is 0. The van der Waals surface area contributed by atoms with Crippen LogP contribution in [-0.4, -0.2) is 31.0 Å². The second-order valence-electron chi connectivity index (χ2n) is 2.49. The molecule has 0 bridgehead atoms. The van der Waals surface area contributed by atoms with Crippen molar-refractivity contribution in [1.29, 1.82) is 0 Å². The molecule has 60 valence electrons. The molecule has 0 N–H and O–H groups in total. The minimum atomic E-state index is 0.0717. The van der Waals surface area contributed by atoms with Gasteiger partial charge in [-0.25, -0.2) is 0 Å². The lowest BCUT2D eigenvalue weighted by Gasteiger charge is -2.07. The van der Waals surface area contributed by atoms with Crippen LogP contribution in [0, 0.1) is 0 Å². The van der Waals surface area contributed by atoms with Crippen molar-refractivity contribution in [2.24, 2.45) is 0 Å². The molecule has 1 aliphatic rings. The molecule has 0 saturated carbocycles. The molecular weight excluding hydrogens is 148 g/mol. The summed E-state index contributed by atoms with van der Waals surface area (Å²) < 4.78 is 10.8. The topological polar surface area (TPSA) is 18.5 Å². The zero-order valence-electron chi connectivity index (χ0n) is 6.50. The summed E-state index contributed by atoms with van der Waals surface area (Å²) in [4.78, 5) is 0. The third kappa shape index (κ3) is 2.48. The van der Waals surface area contributed by atoms with Crippen LogP contribution >= 0.6 is 11.8 Å². The summed E-state index contributed by atoms with van der Waals surface area (Å²) in [5.74, 6) is 1.12. The molecule has 1 saturated heterocycles. The summed E-state index contributed by atoms with van der Waals surface area (Å²) >= 11 is 1.83. The Kier molecular flexibility index (Phi) is 3.52. The van der Waals surface area contributed by atoms with Gasteiger partial charge in [-0.1, -0.05) is 0 Å². The van der Waals surface area contributed by atoms with Crippen LogP contribution in [0.1, 0.15) is 13.3 Å². The third-order valence-corrected chi connectivity index (χ3v) is 2.10. The zero-order valence-corrected chi connectivity index (χ0v) is 7.32. The minimum absolute atomic E-state index is 0.0717. The normalized spacial score (nSPS) is 33.0. The second kappa shape index (κ2) is 4.21. The smallest absolute Gasteiger partial charge is 0.158 e. The third-order valence-electron chi connectivity index (χ3n) is 1.46. The number of hydrogen-bond acceptors (Lipinski definition) is 3. The summed E-state index contributed by atoms with van der Waals surface area (Å²) in [6.45, 7) is 2.80. The maximum absolute atomic E-state index is 5.43. The van der Waals surface area contributed by atoms with Gasteiger partial charge in [-0.2, -0.15) is 11.8 Å². The van der Waals surface area contributed by atoms with Crippen LogP contribution in [-0.2, 0) is 9.47 Å². The fraction of sp³-hybridized carbons (Fsp3) is 1.00. The van der Waals surface area contributed by atoms with Gasteiger partial charge in [0.15, 0.2) is 6.29 Å². The van der Waals surface area contributed by atoms with Crippen LogP contribution in [0.4, 0.5) is 0 Å². The Morgan fingerprint density at radius 3 is 2.90 bits per heavy atom. The quantitative estimate of drug-likeness (QED) is 0.626. The van der Waals surface area contributed by atoms with Crippen molar-refractivity contribution in [2.75, 3.05) is 18.6 Å². The molecule has 0 amide bonds. The Morgan fingerprint density at radius 2 is 2.40 bits per heavy atom. The lowest BCUT2D eigenvalue weighted by Crippen LogP contribution is -2.09. The molecule has 2 nitrogen and oxygen atoms in total. The van der Waals surface area contributed by atoms with E-state index in [0.717, 1.165) is 18.8 Å². The Bertz CT molecular complexity index is 97.6. The van der Waals surface area contributed by atoms with E-state index in [1.165, 1.54) is 0 Å². The van der Waals surface area contributed by atoms with Crippen LogP contribution in [0.3, 0.4) is 0 Å². The molecule has 0 aromatic carbocycles. The number of rotatable bonds is 3. The average Bonchev–Trinajstić information content (AvgIpc) is 2.31. The average molecular weight is 162 g/mol. The molecule has 1 heterocycles. The molecule has 0 spiro atoms. The molecule has 10 heavy (non-hydrogen) atoms. The Labute approximate surface area is 66.3 Å². The SMILES string of the molecule is CSCC[C@H]1OC[C@H](C)O1. The predicted molar refractivity (Wildman–Crippen MR) is 43.3 cm³/mol. The van der Waals surface area contributed by atoms with Crippen LogP contribution in [0.15, 0.2) is 0 Å². The monoisotopic (exact) mass is 162 g/mol. The molecule has 2 atom stereocenters. The summed E-state index contributed by atoms with van der Waals surface area (Å²) in [6.07, 6.45) is 3.48. The molecule has 1 rings (SSSR count). The first-order chi connectivity index (χ1) is 4.83. The highest BCUT2D eigenvalue weighted by molar-refractivity contribution is 7.98. The summed E-state index contributed by atoms with van der Waals surface area (Å²) in [5, 5.41) is 0. The maximum atomic E-state index is 5.43. The van der Waals surface area contributed by atoms with Gasteiger partial charge in [-0.3, -0.25) is 0 Å². The number of thioether (sulfide) groups is 1. The highest BCUT2D eigenvalue weighted by Gasteiger charge is 2.21. The van der Waals surface area contributed by atoms with Gasteiger partial charge < -0.3 is 9.47 Å². The van der Waals surface area contributed by atoms with Gasteiger partial charge in [0, 0.05) is 6.42 Å². The highest BCUT2D eigenvalue weighted by atomic mass is 32.2. The Hall–Kier alpha value is 0.270. The molecule has 3 heteroatoms. The molecule has 0 aromatic rings. The first-order valence-corrected chi connectivity index (χ1v) is 4.98. The molecule has 1 fully saturated rings. The van der Waals surface area contributed by atoms with Gasteiger partial charge >= 0.3 is 0 Å². The largest absolute Gasteiger partial charge is 0.350 e. The standard InChI is InChI=1S/C7H14O2S/c1-6-5-8-7(9-6)3-4-10-2/h6-7H,3-5H2,1-2H3/t6-,7-/m0/s1. The summed E-state index contributed by atoms with van der Waals surface area (Å²) in [7, 11) is 0. The first-order valence-electron chi connectivity index (χ1n) is 3.59. The van der Waals surface area contributed by atoms with Crippen LogP contribution < -0.4 is 0 Å². The zero-order chi connectivity index (χ0) is 7.40. The number of hydrogen-bond donors (Lipinski definition) is 0. The van der Waals surface area contributed by atoms with Crippen LogP contribution in [0.25, 0.3) is 0 Å². The van der Waals surface area contributed by atoms with Gasteiger partial charge in [0.25, 0.3) is 0 Å². The van der Waals surface area contributed by atoms with Crippen LogP contribution in [0.5, 0.6) is 0 Å². The minimum Gasteiger partial charge on any atom is -0.350 e. The molecular formula is C7H14O2S. The van der Waals surface area contributed by atoms with E-state index in [1.807, 2.05) is 18.7 Å². The van der Waals surface area contributed by atoms with Crippen molar-refractivity contribution in [1.82, 2.24) is 0 Å². The fourth-order valence-electron chi connectivity index (χ4n) is 0.946. The molecule has 0 aliphatic carbocycles. The predicted octanol–water partition coefficient (Wildman–Crippen LogP) is 1.50. The van der Waals surface area contributed by atoms with Crippen molar-refractivity contribution >= 4 is 11.8 Å². The Balaban J connectivity index is 2.06. The maximum Gasteiger partial charge on any atom is 0.158 e. The molecule has 1 aliphatic heterocycles. The lowest BCUT2D eigenvalue weighted by atomic mass is 10.4. The van der Waals surface area contributed by atoms with Crippen molar-refractivity contribution in [3.8, 4) is 0 Å². The van der Waals surface area contributed by atoms with E-state index in [4.69, 9.17) is 9.47 Å². The van der Waals surface area contributed by atoms with Gasteiger partial charge in [0.1, 0.15) is 0 Å². The van der Waals surface area contributed by atoms with E-state index in [2.05, 4.69) is 6.26 Å². The fourth-order valence-corrected chi connectivity index (χ4v) is 1.37. The molecule has 0 aromatic heterocycles. The van der Waals surface area contributed by atoms with E-state index >= 15 is 0 Å². The van der Waals surface area contributed by atoms with Crippen molar-refractivity contribution in [3.63, 3.8) is 0 Å². The van der Waals surface area contributed by atoms with Crippen molar-refractivity contribution in [2.45, 2.75) is 25.7 Å². The van der Waals surface area contributed by atoms with E-state index in [9.17, 15) is 0 Å².